The molecule has 0 bridgehead atoms. The Morgan fingerprint density at radius 2 is 1.89 bits per heavy atom. The zero-order chi connectivity index (χ0) is 13.7. The number of hydrogen-bond acceptors (Lipinski definition) is 4. The van der Waals surface area contributed by atoms with Gasteiger partial charge in [0, 0.05) is 17.7 Å². The van der Waals surface area contributed by atoms with Crippen molar-refractivity contribution in [1.29, 1.82) is 0 Å². The lowest BCUT2D eigenvalue weighted by molar-refractivity contribution is 1.01. The van der Waals surface area contributed by atoms with Crippen LogP contribution in [0.5, 0.6) is 0 Å². The lowest BCUT2D eigenvalue weighted by Crippen LogP contribution is -2.07. The highest BCUT2D eigenvalue weighted by molar-refractivity contribution is 7.97. The highest BCUT2D eigenvalue weighted by Gasteiger charge is 2.11. The first-order valence-corrected chi connectivity index (χ1v) is 7.81. The van der Waals surface area contributed by atoms with E-state index in [9.17, 15) is 0 Å². The molecule has 19 heavy (non-hydrogen) atoms. The summed E-state index contributed by atoms with van der Waals surface area (Å²) in [6, 6.07) is 10.3. The summed E-state index contributed by atoms with van der Waals surface area (Å²) in [4.78, 5) is 9.30. The molecular weight excluding hydrogens is 254 g/mol. The summed E-state index contributed by atoms with van der Waals surface area (Å²) in [7, 11) is 0. The third-order valence-corrected chi connectivity index (χ3v) is 3.40. The van der Waals surface area contributed by atoms with Crippen molar-refractivity contribution in [2.45, 2.75) is 19.6 Å². The van der Waals surface area contributed by atoms with Crippen LogP contribution in [0.2, 0.25) is 0 Å². The van der Waals surface area contributed by atoms with Crippen molar-refractivity contribution in [3.63, 3.8) is 0 Å². The fraction of sp³-hybridized carbons (Fsp3) is 0.333. The van der Waals surface area contributed by atoms with Crippen LogP contribution >= 0.6 is 11.8 Å². The number of nitrogens with zero attached hydrogens (tertiary/aromatic N) is 2. The van der Waals surface area contributed by atoms with Crippen LogP contribution < -0.4 is 5.32 Å². The second-order valence-corrected chi connectivity index (χ2v) is 5.16. The van der Waals surface area contributed by atoms with Crippen molar-refractivity contribution in [2.75, 3.05) is 18.1 Å². The fourth-order valence-electron chi connectivity index (χ4n) is 1.97. The molecule has 4 heteroatoms. The normalized spacial score (nSPS) is 10.5. The average molecular weight is 273 g/mol. The van der Waals surface area contributed by atoms with E-state index in [1.807, 2.05) is 18.2 Å². The lowest BCUT2D eigenvalue weighted by Gasteiger charge is -2.13. The van der Waals surface area contributed by atoms with Gasteiger partial charge in [-0.05, 0) is 20.1 Å². The van der Waals surface area contributed by atoms with Crippen LogP contribution in [0.15, 0.2) is 30.3 Å². The predicted octanol–water partition coefficient (Wildman–Crippen LogP) is 3.75. The van der Waals surface area contributed by atoms with Gasteiger partial charge in [-0.3, -0.25) is 0 Å². The molecule has 0 amide bonds. The molecule has 2 rings (SSSR count). The lowest BCUT2D eigenvalue weighted by atomic mass is 10.1. The maximum absolute atomic E-state index is 4.70. The maximum Gasteiger partial charge on any atom is 0.141 e. The Kier molecular flexibility index (Phi) is 4.80. The van der Waals surface area contributed by atoms with Crippen molar-refractivity contribution >= 4 is 17.6 Å². The van der Waals surface area contributed by atoms with Crippen LogP contribution in [0.1, 0.15) is 18.3 Å². The molecule has 0 aliphatic carbocycles. The number of nitrogens with one attached hydrogen (secondary N) is 1. The third-order valence-electron chi connectivity index (χ3n) is 2.86. The first-order valence-electron chi connectivity index (χ1n) is 6.42. The zero-order valence-corrected chi connectivity index (χ0v) is 12.4. The summed E-state index contributed by atoms with van der Waals surface area (Å²) < 4.78 is 0. The summed E-state index contributed by atoms with van der Waals surface area (Å²) >= 11 is 1.74. The van der Waals surface area contributed by atoms with Crippen LogP contribution in [0.3, 0.4) is 0 Å². The number of hydrogen-bond donors (Lipinski definition) is 1. The van der Waals surface area contributed by atoms with Crippen LogP contribution in [0.25, 0.3) is 11.3 Å². The Morgan fingerprint density at radius 1 is 1.16 bits per heavy atom. The van der Waals surface area contributed by atoms with Gasteiger partial charge in [-0.2, -0.15) is 11.8 Å². The van der Waals surface area contributed by atoms with E-state index in [-0.39, 0.29) is 0 Å². The predicted molar refractivity (Wildman–Crippen MR) is 83.6 cm³/mol. The second kappa shape index (κ2) is 6.57. The van der Waals surface area contributed by atoms with Gasteiger partial charge in [0.2, 0.25) is 0 Å². The van der Waals surface area contributed by atoms with Crippen molar-refractivity contribution in [1.82, 2.24) is 9.97 Å². The molecule has 0 radical (unpaired) electrons. The molecule has 1 N–H and O–H groups in total. The Labute approximate surface area is 118 Å². The highest BCUT2D eigenvalue weighted by atomic mass is 32.2. The number of aromatic nitrogens is 2. The summed E-state index contributed by atoms with van der Waals surface area (Å²) in [5.41, 5.74) is 3.28. The first-order chi connectivity index (χ1) is 9.26. The zero-order valence-electron chi connectivity index (χ0n) is 11.6. The van der Waals surface area contributed by atoms with E-state index in [1.165, 1.54) is 0 Å². The van der Waals surface area contributed by atoms with E-state index >= 15 is 0 Å². The summed E-state index contributed by atoms with van der Waals surface area (Å²) in [5.74, 6) is 2.66. The molecular formula is C15H19N3S. The minimum absolute atomic E-state index is 0.832. The quantitative estimate of drug-likeness (QED) is 0.900. The Bertz CT molecular complexity index is 541. The molecule has 0 saturated carbocycles. The fourth-order valence-corrected chi connectivity index (χ4v) is 2.36. The van der Waals surface area contributed by atoms with Gasteiger partial charge in [-0.25, -0.2) is 9.97 Å². The minimum atomic E-state index is 0.832. The number of benzene rings is 1. The van der Waals surface area contributed by atoms with E-state index in [0.717, 1.165) is 40.8 Å². The molecule has 0 aliphatic rings. The molecule has 100 valence electrons. The molecule has 1 heterocycles. The van der Waals surface area contributed by atoms with E-state index < -0.39 is 0 Å². The summed E-state index contributed by atoms with van der Waals surface area (Å²) in [6.07, 6.45) is 2.07. The van der Waals surface area contributed by atoms with Crippen molar-refractivity contribution in [3.05, 3.63) is 41.7 Å². The van der Waals surface area contributed by atoms with Crippen LogP contribution in [-0.2, 0) is 5.75 Å². The van der Waals surface area contributed by atoms with E-state index in [4.69, 9.17) is 4.98 Å². The smallest absolute Gasteiger partial charge is 0.141 e. The van der Waals surface area contributed by atoms with Gasteiger partial charge in [0.05, 0.1) is 11.4 Å². The first kappa shape index (κ1) is 13.9. The largest absolute Gasteiger partial charge is 0.370 e. The van der Waals surface area contributed by atoms with Crippen LogP contribution in [0, 0.1) is 6.92 Å². The molecule has 0 fully saturated rings. The number of anilines is 1. The Balaban J connectivity index is 2.52. The van der Waals surface area contributed by atoms with Gasteiger partial charge in [0.1, 0.15) is 11.6 Å². The highest BCUT2D eigenvalue weighted by Crippen LogP contribution is 2.26. The monoisotopic (exact) mass is 273 g/mol. The average Bonchev–Trinajstić information content (AvgIpc) is 2.44. The van der Waals surface area contributed by atoms with E-state index in [1.54, 1.807) is 11.8 Å². The molecule has 0 saturated heterocycles. The molecule has 0 unspecified atom stereocenters. The number of rotatable bonds is 5. The standard InChI is InChI=1S/C15H19N3S/c1-4-16-15-11(2)14(12-8-6-5-7-9-12)17-13(18-15)10-19-3/h5-9H,4,10H2,1-3H3,(H,16,17,18). The molecule has 0 aliphatic heterocycles. The topological polar surface area (TPSA) is 37.8 Å². The molecule has 0 spiro atoms. The van der Waals surface area contributed by atoms with Crippen LogP contribution in [0.4, 0.5) is 5.82 Å². The number of thioether (sulfide) groups is 1. The van der Waals surface area contributed by atoms with E-state index in [2.05, 4.69) is 42.5 Å². The van der Waals surface area contributed by atoms with Gasteiger partial charge in [0.15, 0.2) is 0 Å². The van der Waals surface area contributed by atoms with Crippen molar-refractivity contribution < 1.29 is 0 Å². The Hall–Kier alpha value is -1.55. The van der Waals surface area contributed by atoms with Crippen molar-refractivity contribution in [2.24, 2.45) is 0 Å². The van der Waals surface area contributed by atoms with Crippen molar-refractivity contribution in [3.8, 4) is 11.3 Å². The maximum atomic E-state index is 4.70. The Morgan fingerprint density at radius 3 is 2.53 bits per heavy atom. The molecule has 3 nitrogen and oxygen atoms in total. The second-order valence-electron chi connectivity index (χ2n) is 4.29. The SMILES string of the molecule is CCNc1nc(CSC)nc(-c2ccccc2)c1C. The van der Waals surface area contributed by atoms with Gasteiger partial charge in [-0.1, -0.05) is 30.3 Å². The molecule has 2 aromatic rings. The summed E-state index contributed by atoms with van der Waals surface area (Å²) in [6.45, 7) is 5.02. The molecule has 1 aromatic carbocycles. The molecule has 1 aromatic heterocycles. The van der Waals surface area contributed by atoms with Gasteiger partial charge < -0.3 is 5.32 Å². The van der Waals surface area contributed by atoms with Gasteiger partial charge in [-0.15, -0.1) is 0 Å². The van der Waals surface area contributed by atoms with E-state index in [0.29, 0.717) is 0 Å². The molecule has 0 atom stereocenters. The minimum Gasteiger partial charge on any atom is -0.370 e. The van der Waals surface area contributed by atoms with Gasteiger partial charge >= 0.3 is 0 Å². The third kappa shape index (κ3) is 3.26. The summed E-state index contributed by atoms with van der Waals surface area (Å²) in [5, 5.41) is 3.32. The van der Waals surface area contributed by atoms with Crippen LogP contribution in [-0.4, -0.2) is 22.8 Å². The van der Waals surface area contributed by atoms with Gasteiger partial charge in [0.25, 0.3) is 0 Å².